The second-order valence-corrected chi connectivity index (χ2v) is 5.59. The third kappa shape index (κ3) is 4.06. The minimum atomic E-state index is -3.10. The average Bonchev–Trinajstić information content (AvgIpc) is 2.79. The highest BCUT2D eigenvalue weighted by Gasteiger charge is 2.30. The van der Waals surface area contributed by atoms with Crippen molar-refractivity contribution < 1.29 is 8.42 Å². The second-order valence-electron chi connectivity index (χ2n) is 3.83. The predicted octanol–water partition coefficient (Wildman–Crippen LogP) is 0.573. The third-order valence-corrected chi connectivity index (χ3v) is 3.60. The highest BCUT2D eigenvalue weighted by atomic mass is 32.2. The summed E-state index contributed by atoms with van der Waals surface area (Å²) in [5.74, 6) is 0.644. The van der Waals surface area contributed by atoms with Crippen molar-refractivity contribution in [2.24, 2.45) is 5.92 Å². The monoisotopic (exact) mass is 206 g/mol. The fourth-order valence-corrected chi connectivity index (χ4v) is 2.23. The van der Waals surface area contributed by atoms with E-state index in [0.29, 0.717) is 25.6 Å². The van der Waals surface area contributed by atoms with Crippen LogP contribution in [0.25, 0.3) is 0 Å². The van der Waals surface area contributed by atoms with E-state index in [4.69, 9.17) is 0 Å². The summed E-state index contributed by atoms with van der Waals surface area (Å²) in [5.41, 5.74) is 0. The maximum atomic E-state index is 11.3. The molecule has 1 N–H and O–H groups in total. The number of nitrogens with one attached hydrogen (secondary N) is 1. The molecule has 78 valence electrons. The first-order chi connectivity index (χ1) is 6.02. The smallest absolute Gasteiger partial charge is 0.202 e. The summed E-state index contributed by atoms with van der Waals surface area (Å²) in [4.78, 5) is 0. The molecule has 1 aliphatic heterocycles. The molecule has 1 heterocycles. The molecule has 4 nitrogen and oxygen atoms in total. The van der Waals surface area contributed by atoms with Gasteiger partial charge in [0.2, 0.25) is 0 Å². The van der Waals surface area contributed by atoms with Gasteiger partial charge in [0.25, 0.3) is 10.2 Å². The van der Waals surface area contributed by atoms with Crippen LogP contribution in [-0.4, -0.2) is 32.4 Å². The van der Waals surface area contributed by atoms with Crippen molar-refractivity contribution in [2.75, 3.05) is 19.6 Å². The molecule has 1 saturated heterocycles. The second kappa shape index (κ2) is 4.39. The van der Waals surface area contributed by atoms with Crippen LogP contribution >= 0.6 is 0 Å². The van der Waals surface area contributed by atoms with Crippen molar-refractivity contribution in [1.29, 1.82) is 0 Å². The lowest BCUT2D eigenvalue weighted by Gasteiger charge is -2.07. The maximum Gasteiger partial charge on any atom is 0.279 e. The van der Waals surface area contributed by atoms with Crippen LogP contribution < -0.4 is 4.72 Å². The lowest BCUT2D eigenvalue weighted by atomic mass is 10.1. The van der Waals surface area contributed by atoms with Gasteiger partial charge in [-0.3, -0.25) is 0 Å². The summed E-state index contributed by atoms with van der Waals surface area (Å²) >= 11 is 0. The topological polar surface area (TPSA) is 49.2 Å². The van der Waals surface area contributed by atoms with Crippen molar-refractivity contribution in [3.63, 3.8) is 0 Å². The zero-order valence-corrected chi connectivity index (χ0v) is 9.10. The predicted molar refractivity (Wildman–Crippen MR) is 52.6 cm³/mol. The van der Waals surface area contributed by atoms with E-state index in [-0.39, 0.29) is 0 Å². The van der Waals surface area contributed by atoms with Gasteiger partial charge in [0.15, 0.2) is 0 Å². The SMILES string of the molecule is CC(C)CCCNS(=O)(=O)N1CC1. The fourth-order valence-electron chi connectivity index (χ4n) is 1.08. The van der Waals surface area contributed by atoms with Crippen molar-refractivity contribution in [3.8, 4) is 0 Å². The first-order valence-electron chi connectivity index (χ1n) is 4.77. The molecule has 0 aliphatic carbocycles. The molecule has 0 aromatic carbocycles. The molecule has 0 aromatic rings. The molecule has 0 radical (unpaired) electrons. The molecule has 0 unspecified atom stereocenters. The normalized spacial score (nSPS) is 18.1. The first-order valence-corrected chi connectivity index (χ1v) is 6.21. The zero-order valence-electron chi connectivity index (χ0n) is 8.28. The molecule has 0 spiro atoms. The third-order valence-electron chi connectivity index (χ3n) is 1.99. The Morgan fingerprint density at radius 1 is 1.38 bits per heavy atom. The van der Waals surface area contributed by atoms with E-state index < -0.39 is 10.2 Å². The van der Waals surface area contributed by atoms with E-state index >= 15 is 0 Å². The van der Waals surface area contributed by atoms with Gasteiger partial charge in [-0.2, -0.15) is 12.7 Å². The van der Waals surface area contributed by atoms with Crippen LogP contribution in [0.15, 0.2) is 0 Å². The van der Waals surface area contributed by atoms with Crippen LogP contribution in [0, 0.1) is 5.92 Å². The summed E-state index contributed by atoms with van der Waals surface area (Å²) in [7, 11) is -3.10. The average molecular weight is 206 g/mol. The molecule has 1 aliphatic rings. The highest BCUT2D eigenvalue weighted by Crippen LogP contribution is 2.09. The maximum absolute atomic E-state index is 11.3. The summed E-state index contributed by atoms with van der Waals surface area (Å²) < 4.78 is 26.5. The standard InChI is InChI=1S/C8H18N2O2S/c1-8(2)4-3-5-9-13(11,12)10-6-7-10/h8-9H,3-7H2,1-2H3. The van der Waals surface area contributed by atoms with E-state index in [9.17, 15) is 8.42 Å². The quantitative estimate of drug-likeness (QED) is 0.510. The first kappa shape index (κ1) is 10.9. The van der Waals surface area contributed by atoms with E-state index in [0.717, 1.165) is 12.8 Å². The van der Waals surface area contributed by atoms with Gasteiger partial charge < -0.3 is 0 Å². The molecular formula is C8H18N2O2S. The summed E-state index contributed by atoms with van der Waals surface area (Å²) in [5, 5.41) is 0. The van der Waals surface area contributed by atoms with Crippen molar-refractivity contribution in [2.45, 2.75) is 26.7 Å². The van der Waals surface area contributed by atoms with Crippen molar-refractivity contribution in [3.05, 3.63) is 0 Å². The molecule has 0 atom stereocenters. The van der Waals surface area contributed by atoms with Crippen LogP contribution in [0.2, 0.25) is 0 Å². The molecule has 0 saturated carbocycles. The van der Waals surface area contributed by atoms with Gasteiger partial charge in [0.05, 0.1) is 0 Å². The van der Waals surface area contributed by atoms with Crippen molar-refractivity contribution in [1.82, 2.24) is 9.03 Å². The summed E-state index contributed by atoms with van der Waals surface area (Å²) in [6, 6.07) is 0. The van der Waals surface area contributed by atoms with Gasteiger partial charge in [-0.05, 0) is 18.8 Å². The lowest BCUT2D eigenvalue weighted by molar-refractivity contribution is 0.524. The molecule has 1 rings (SSSR count). The Labute approximate surface area is 80.5 Å². The Hall–Kier alpha value is -0.130. The van der Waals surface area contributed by atoms with E-state index in [1.165, 1.54) is 4.31 Å². The fraction of sp³-hybridized carbons (Fsp3) is 1.00. The number of nitrogens with zero attached hydrogens (tertiary/aromatic N) is 1. The lowest BCUT2D eigenvalue weighted by Crippen LogP contribution is -2.30. The summed E-state index contributed by atoms with van der Waals surface area (Å²) in [6.07, 6.45) is 1.99. The van der Waals surface area contributed by atoms with Gasteiger partial charge in [0.1, 0.15) is 0 Å². The van der Waals surface area contributed by atoms with E-state index in [1.807, 2.05) is 0 Å². The van der Waals surface area contributed by atoms with Crippen LogP contribution in [0.1, 0.15) is 26.7 Å². The zero-order chi connectivity index (χ0) is 9.90. The van der Waals surface area contributed by atoms with Crippen LogP contribution in [0.5, 0.6) is 0 Å². The largest absolute Gasteiger partial charge is 0.279 e. The van der Waals surface area contributed by atoms with Gasteiger partial charge in [0, 0.05) is 19.6 Å². The Morgan fingerprint density at radius 2 is 2.00 bits per heavy atom. The molecule has 5 heteroatoms. The van der Waals surface area contributed by atoms with Gasteiger partial charge in [-0.15, -0.1) is 0 Å². The minimum Gasteiger partial charge on any atom is -0.202 e. The minimum absolute atomic E-state index is 0.566. The Morgan fingerprint density at radius 3 is 2.46 bits per heavy atom. The Kier molecular flexibility index (Phi) is 3.70. The summed E-state index contributed by atoms with van der Waals surface area (Å²) in [6.45, 7) is 6.20. The number of rotatable bonds is 6. The number of hydrogen-bond donors (Lipinski definition) is 1. The molecule has 0 aromatic heterocycles. The number of hydrogen-bond acceptors (Lipinski definition) is 2. The van der Waals surface area contributed by atoms with Gasteiger partial charge >= 0.3 is 0 Å². The Bertz CT molecular complexity index is 245. The molecule has 0 amide bonds. The van der Waals surface area contributed by atoms with Crippen LogP contribution in [0.3, 0.4) is 0 Å². The van der Waals surface area contributed by atoms with E-state index in [1.54, 1.807) is 0 Å². The molecule has 13 heavy (non-hydrogen) atoms. The van der Waals surface area contributed by atoms with E-state index in [2.05, 4.69) is 18.6 Å². The van der Waals surface area contributed by atoms with Crippen LogP contribution in [0.4, 0.5) is 0 Å². The molecule has 0 bridgehead atoms. The Balaban J connectivity index is 2.11. The molecular weight excluding hydrogens is 188 g/mol. The van der Waals surface area contributed by atoms with Crippen molar-refractivity contribution >= 4 is 10.2 Å². The van der Waals surface area contributed by atoms with Gasteiger partial charge in [-0.25, -0.2) is 4.72 Å². The molecule has 1 fully saturated rings. The highest BCUT2D eigenvalue weighted by molar-refractivity contribution is 7.87. The van der Waals surface area contributed by atoms with Gasteiger partial charge in [-0.1, -0.05) is 13.8 Å². The van der Waals surface area contributed by atoms with Crippen LogP contribution in [-0.2, 0) is 10.2 Å².